The van der Waals surface area contributed by atoms with E-state index in [9.17, 15) is 8.78 Å². The van der Waals surface area contributed by atoms with Crippen LogP contribution in [-0.4, -0.2) is 17.5 Å². The molecule has 0 aromatic heterocycles. The molecule has 0 aromatic carbocycles. The van der Waals surface area contributed by atoms with Crippen molar-refractivity contribution in [2.75, 3.05) is 0 Å². The van der Waals surface area contributed by atoms with Crippen LogP contribution >= 0.6 is 0 Å². The summed E-state index contributed by atoms with van der Waals surface area (Å²) >= 11 is 0. The van der Waals surface area contributed by atoms with E-state index in [1.54, 1.807) is 0 Å². The van der Waals surface area contributed by atoms with E-state index in [2.05, 4.69) is 0 Å². The number of hydrogen-bond acceptors (Lipinski definition) is 1. The highest BCUT2D eigenvalue weighted by Crippen LogP contribution is 2.14. The molecule has 0 amide bonds. The first-order valence-corrected chi connectivity index (χ1v) is 2.65. The van der Waals surface area contributed by atoms with Gasteiger partial charge in [-0.05, 0) is 0 Å². The lowest BCUT2D eigenvalue weighted by Gasteiger charge is -1.81. The van der Waals surface area contributed by atoms with Gasteiger partial charge in [0.1, 0.15) is 0 Å². The van der Waals surface area contributed by atoms with Crippen molar-refractivity contribution in [3.05, 3.63) is 0 Å². The van der Waals surface area contributed by atoms with E-state index in [0.29, 0.717) is 0 Å². The number of carboxylic acids is 1. The summed E-state index contributed by atoms with van der Waals surface area (Å²) in [5, 5.41) is 7.24. The standard InChI is InChI=1S/C3H6.C2H2F2O2/c1-2-3-1;3-1(4)2(5)6/h1-3H2;1H,(H,5,6). The fourth-order valence-corrected chi connectivity index (χ4v) is 0. The first-order valence-electron chi connectivity index (χ1n) is 2.65. The Morgan fingerprint density at radius 2 is 1.56 bits per heavy atom. The van der Waals surface area contributed by atoms with Crippen molar-refractivity contribution in [3.63, 3.8) is 0 Å². The second-order valence-corrected chi connectivity index (χ2v) is 1.70. The second-order valence-electron chi connectivity index (χ2n) is 1.70. The third kappa shape index (κ3) is 11.1. The van der Waals surface area contributed by atoms with Gasteiger partial charge in [0.25, 0.3) is 0 Å². The Bertz CT molecular complexity index is 88.2. The van der Waals surface area contributed by atoms with Gasteiger partial charge in [0.05, 0.1) is 0 Å². The summed E-state index contributed by atoms with van der Waals surface area (Å²) < 4.78 is 21.1. The first kappa shape index (κ1) is 8.33. The molecule has 0 bridgehead atoms. The smallest absolute Gasteiger partial charge is 0.371 e. The summed E-state index contributed by atoms with van der Waals surface area (Å²) in [5.41, 5.74) is 0. The average Bonchev–Trinajstić information content (AvgIpc) is 2.46. The molecule has 0 unspecified atom stereocenters. The van der Waals surface area contributed by atoms with E-state index in [1.165, 1.54) is 19.3 Å². The normalized spacial score (nSPS) is 14.1. The lowest BCUT2D eigenvalue weighted by Crippen LogP contribution is -2.06. The molecule has 1 N–H and O–H groups in total. The molecule has 0 spiro atoms. The minimum Gasteiger partial charge on any atom is -0.477 e. The Hall–Kier alpha value is -0.670. The molecule has 2 nitrogen and oxygen atoms in total. The predicted molar refractivity (Wildman–Crippen MR) is 27.5 cm³/mol. The molecule has 1 saturated carbocycles. The summed E-state index contributed by atoms with van der Waals surface area (Å²) in [4.78, 5) is 8.95. The van der Waals surface area contributed by atoms with Gasteiger partial charge in [-0.3, -0.25) is 0 Å². The summed E-state index contributed by atoms with van der Waals surface area (Å²) in [6.45, 7) is 0. The molecule has 1 aliphatic rings. The molecule has 0 heterocycles. The molecule has 0 aromatic rings. The molecule has 54 valence electrons. The van der Waals surface area contributed by atoms with E-state index in [0.717, 1.165) is 0 Å². The monoisotopic (exact) mass is 138 g/mol. The Morgan fingerprint density at radius 3 is 1.56 bits per heavy atom. The molecule has 0 saturated heterocycles. The van der Waals surface area contributed by atoms with Crippen LogP contribution in [0.1, 0.15) is 19.3 Å². The quantitative estimate of drug-likeness (QED) is 0.596. The van der Waals surface area contributed by atoms with Crippen LogP contribution in [0.3, 0.4) is 0 Å². The van der Waals surface area contributed by atoms with Gasteiger partial charge in [0.15, 0.2) is 0 Å². The van der Waals surface area contributed by atoms with Crippen LogP contribution in [0.15, 0.2) is 0 Å². The Labute approximate surface area is 51.5 Å². The van der Waals surface area contributed by atoms with Gasteiger partial charge in [0.2, 0.25) is 0 Å². The SMILES string of the molecule is C1CC1.O=C(O)C(F)F. The minimum atomic E-state index is -3.23. The summed E-state index contributed by atoms with van der Waals surface area (Å²) in [7, 11) is 0. The van der Waals surface area contributed by atoms with Gasteiger partial charge in [-0.2, -0.15) is 8.78 Å². The van der Waals surface area contributed by atoms with Crippen LogP contribution in [0, 0.1) is 0 Å². The number of carbonyl (C=O) groups is 1. The highest BCUT2D eigenvalue weighted by atomic mass is 19.3. The fourth-order valence-electron chi connectivity index (χ4n) is 0. The highest BCUT2D eigenvalue weighted by molar-refractivity contribution is 5.70. The van der Waals surface area contributed by atoms with Crippen molar-refractivity contribution in [2.45, 2.75) is 25.7 Å². The number of rotatable bonds is 1. The van der Waals surface area contributed by atoms with Gasteiger partial charge in [-0.15, -0.1) is 0 Å². The maximum atomic E-state index is 10.6. The van der Waals surface area contributed by atoms with Gasteiger partial charge in [-0.25, -0.2) is 4.79 Å². The predicted octanol–water partition coefficient (Wildman–Crippen LogP) is 1.51. The van der Waals surface area contributed by atoms with E-state index in [-0.39, 0.29) is 0 Å². The van der Waals surface area contributed by atoms with E-state index < -0.39 is 12.4 Å². The molecule has 1 aliphatic carbocycles. The second kappa shape index (κ2) is 4.23. The van der Waals surface area contributed by atoms with Crippen LogP contribution in [0.5, 0.6) is 0 Å². The summed E-state index contributed by atoms with van der Waals surface area (Å²) in [6, 6.07) is 0. The zero-order valence-corrected chi connectivity index (χ0v) is 4.81. The van der Waals surface area contributed by atoms with Crippen molar-refractivity contribution < 1.29 is 18.7 Å². The third-order valence-electron chi connectivity index (χ3n) is 0.540. The fraction of sp³-hybridized carbons (Fsp3) is 0.800. The molecule has 1 rings (SSSR count). The highest BCUT2D eigenvalue weighted by Gasteiger charge is 2.10. The summed E-state index contributed by atoms with van der Waals surface area (Å²) in [6.07, 6.45) is 1.27. The Kier molecular flexibility index (Phi) is 3.92. The molecular formula is C5H8F2O2. The minimum absolute atomic E-state index is 1.50. The number of aliphatic carboxylic acids is 1. The van der Waals surface area contributed by atoms with Gasteiger partial charge < -0.3 is 5.11 Å². The number of hydrogen-bond donors (Lipinski definition) is 1. The zero-order chi connectivity index (χ0) is 7.28. The Balaban J connectivity index is 0.000000173. The summed E-state index contributed by atoms with van der Waals surface area (Å²) in [5.74, 6) is -2.07. The van der Waals surface area contributed by atoms with Crippen LogP contribution in [0.25, 0.3) is 0 Å². The number of alkyl halides is 2. The molecule has 0 aliphatic heterocycles. The van der Waals surface area contributed by atoms with Crippen LogP contribution < -0.4 is 0 Å². The van der Waals surface area contributed by atoms with Crippen molar-refractivity contribution in [1.29, 1.82) is 0 Å². The Morgan fingerprint density at radius 1 is 1.33 bits per heavy atom. The van der Waals surface area contributed by atoms with Crippen LogP contribution in [0.2, 0.25) is 0 Å². The maximum absolute atomic E-state index is 10.6. The first-order chi connectivity index (χ1) is 4.14. The lowest BCUT2D eigenvalue weighted by atomic mass is 10.7. The molecular weight excluding hydrogens is 130 g/mol. The van der Waals surface area contributed by atoms with Gasteiger partial charge >= 0.3 is 12.4 Å². The average molecular weight is 138 g/mol. The topological polar surface area (TPSA) is 37.3 Å². The third-order valence-corrected chi connectivity index (χ3v) is 0.540. The van der Waals surface area contributed by atoms with Crippen LogP contribution in [-0.2, 0) is 4.79 Å². The molecule has 4 heteroatoms. The molecule has 0 atom stereocenters. The van der Waals surface area contributed by atoms with Crippen LogP contribution in [0.4, 0.5) is 8.78 Å². The van der Waals surface area contributed by atoms with E-state index in [4.69, 9.17) is 9.90 Å². The van der Waals surface area contributed by atoms with Crippen molar-refractivity contribution in [2.24, 2.45) is 0 Å². The lowest BCUT2D eigenvalue weighted by molar-refractivity contribution is -0.149. The molecule has 0 radical (unpaired) electrons. The van der Waals surface area contributed by atoms with Crippen molar-refractivity contribution in [1.82, 2.24) is 0 Å². The van der Waals surface area contributed by atoms with Gasteiger partial charge in [-0.1, -0.05) is 19.3 Å². The van der Waals surface area contributed by atoms with Crippen molar-refractivity contribution in [3.8, 4) is 0 Å². The van der Waals surface area contributed by atoms with Gasteiger partial charge in [0, 0.05) is 0 Å². The molecule has 9 heavy (non-hydrogen) atoms. The van der Waals surface area contributed by atoms with E-state index >= 15 is 0 Å². The number of carboxylic acid groups (broad SMARTS) is 1. The molecule has 1 fully saturated rings. The van der Waals surface area contributed by atoms with Crippen molar-refractivity contribution >= 4 is 5.97 Å². The maximum Gasteiger partial charge on any atom is 0.371 e. The van der Waals surface area contributed by atoms with E-state index in [1.807, 2.05) is 0 Å². The number of halogens is 2. The largest absolute Gasteiger partial charge is 0.477 e. The zero-order valence-electron chi connectivity index (χ0n) is 4.81.